The molecule has 0 aliphatic heterocycles. The van der Waals surface area contributed by atoms with Gasteiger partial charge in [0.05, 0.1) is 0 Å². The van der Waals surface area contributed by atoms with Gasteiger partial charge >= 0.3 is 0 Å². The Labute approximate surface area is 248 Å². The predicted molar refractivity (Wildman–Crippen MR) is 182 cm³/mol. The summed E-state index contributed by atoms with van der Waals surface area (Å²) in [6.45, 7) is 6.51. The fraction of sp³-hybridized carbons (Fsp3) is 0.0500. The number of benzene rings is 6. The normalized spacial score (nSPS) is 11.7. The van der Waals surface area contributed by atoms with Crippen LogP contribution in [0.3, 0.4) is 0 Å². The van der Waals surface area contributed by atoms with Crippen LogP contribution in [-0.4, -0.2) is 7.05 Å². The molecule has 2 nitrogen and oxygen atoms in total. The van der Waals surface area contributed by atoms with E-state index in [1.54, 1.807) is 0 Å². The maximum Gasteiger partial charge on any atom is 0.0467 e. The number of likely N-dealkylation sites (N-methyl/N-ethyl adjacent to an activating group) is 1. The first-order valence-electron chi connectivity index (χ1n) is 14.3. The number of hydrogen-bond acceptors (Lipinski definition) is 2. The molecule has 0 fully saturated rings. The van der Waals surface area contributed by atoms with Crippen LogP contribution >= 0.6 is 0 Å². The van der Waals surface area contributed by atoms with Crippen LogP contribution in [0, 0.1) is 0 Å². The summed E-state index contributed by atoms with van der Waals surface area (Å²) in [6.07, 6.45) is 6.41. The van der Waals surface area contributed by atoms with Gasteiger partial charge in [-0.15, -0.1) is 0 Å². The highest BCUT2D eigenvalue weighted by atomic mass is 15.1. The topological polar surface area (TPSA) is 6.48 Å². The number of hydrogen-bond donors (Lipinski definition) is 0. The lowest BCUT2D eigenvalue weighted by Gasteiger charge is -2.27. The Balaban J connectivity index is 1.34. The Morgan fingerprint density at radius 2 is 1.07 bits per heavy atom. The van der Waals surface area contributed by atoms with Gasteiger partial charge in [0.25, 0.3) is 0 Å². The molecule has 6 aromatic carbocycles. The van der Waals surface area contributed by atoms with Crippen LogP contribution < -0.4 is 9.80 Å². The van der Waals surface area contributed by atoms with Gasteiger partial charge in [-0.2, -0.15) is 0 Å². The van der Waals surface area contributed by atoms with Crippen molar-refractivity contribution in [2.75, 3.05) is 16.8 Å². The smallest absolute Gasteiger partial charge is 0.0467 e. The maximum absolute atomic E-state index is 4.42. The van der Waals surface area contributed by atoms with Crippen molar-refractivity contribution in [3.05, 3.63) is 176 Å². The Morgan fingerprint density at radius 1 is 0.524 bits per heavy atom. The lowest BCUT2D eigenvalue weighted by atomic mass is 10.0. The molecule has 6 aromatic rings. The second-order valence-corrected chi connectivity index (χ2v) is 10.4. The molecule has 0 atom stereocenters. The molecule has 0 heterocycles. The quantitative estimate of drug-likeness (QED) is 0.177. The van der Waals surface area contributed by atoms with Crippen LogP contribution in [0.4, 0.5) is 17.1 Å². The lowest BCUT2D eigenvalue weighted by Crippen LogP contribution is -2.16. The summed E-state index contributed by atoms with van der Waals surface area (Å²) >= 11 is 0. The van der Waals surface area contributed by atoms with E-state index in [2.05, 4.69) is 182 Å². The van der Waals surface area contributed by atoms with Crippen LogP contribution in [0.1, 0.15) is 6.92 Å². The second-order valence-electron chi connectivity index (χ2n) is 10.4. The molecule has 0 saturated carbocycles. The van der Waals surface area contributed by atoms with Crippen molar-refractivity contribution >= 4 is 38.6 Å². The Hall–Kier alpha value is -5.34. The zero-order valence-electron chi connectivity index (χ0n) is 24.1. The minimum absolute atomic E-state index is 0.900. The van der Waals surface area contributed by atoms with Gasteiger partial charge < -0.3 is 9.80 Å². The lowest BCUT2D eigenvalue weighted by molar-refractivity contribution is 1.14. The SMILES string of the molecule is C=C(/C=C\C(=C/C)N(c1ccc2ccccc2c1)c1ccc2ccccc2c1)N(C)c1cccc(-c2ccccc2)c1. The van der Waals surface area contributed by atoms with Gasteiger partial charge in [-0.3, -0.25) is 0 Å². The van der Waals surface area contributed by atoms with Crippen molar-refractivity contribution < 1.29 is 0 Å². The van der Waals surface area contributed by atoms with Crippen LogP contribution in [0.25, 0.3) is 32.7 Å². The highest BCUT2D eigenvalue weighted by molar-refractivity contribution is 5.91. The minimum Gasteiger partial charge on any atom is -0.345 e. The molecule has 2 heteroatoms. The van der Waals surface area contributed by atoms with Crippen molar-refractivity contribution in [1.82, 2.24) is 0 Å². The summed E-state index contributed by atoms with van der Waals surface area (Å²) in [6, 6.07) is 49.4. The van der Waals surface area contributed by atoms with E-state index in [0.29, 0.717) is 0 Å². The van der Waals surface area contributed by atoms with Crippen molar-refractivity contribution in [1.29, 1.82) is 0 Å². The van der Waals surface area contributed by atoms with E-state index in [9.17, 15) is 0 Å². The molecule has 0 amide bonds. The molecule has 0 N–H and O–H groups in total. The van der Waals surface area contributed by atoms with Crippen LogP contribution in [0.5, 0.6) is 0 Å². The van der Waals surface area contributed by atoms with Gasteiger partial charge in [0.1, 0.15) is 0 Å². The molecule has 0 saturated heterocycles. The number of fused-ring (bicyclic) bond motifs is 2. The van der Waals surface area contributed by atoms with Gasteiger partial charge in [-0.05, 0) is 88.1 Å². The van der Waals surface area contributed by atoms with Crippen LogP contribution in [0.15, 0.2) is 176 Å². The Kier molecular flexibility index (Phi) is 7.70. The van der Waals surface area contributed by atoms with Crippen LogP contribution in [0.2, 0.25) is 0 Å². The molecular formula is C40H34N2. The van der Waals surface area contributed by atoms with Gasteiger partial charge in [0.2, 0.25) is 0 Å². The zero-order chi connectivity index (χ0) is 28.9. The van der Waals surface area contributed by atoms with Gasteiger partial charge in [0, 0.05) is 35.5 Å². The predicted octanol–water partition coefficient (Wildman–Crippen LogP) is 10.9. The fourth-order valence-corrected chi connectivity index (χ4v) is 5.36. The minimum atomic E-state index is 0.900. The largest absolute Gasteiger partial charge is 0.345 e. The van der Waals surface area contributed by atoms with Gasteiger partial charge in [-0.25, -0.2) is 0 Å². The standard InChI is InChI=1S/C40H34N2/c1-4-37(24-21-30(2)41(3)38-20-12-19-36(27-38)31-13-6-5-7-14-31)42(39-25-22-32-15-8-10-17-34(32)28-39)40-26-23-33-16-9-11-18-35(33)29-40/h4-29H,2H2,1,3H3/b24-21-,37-4+. The first-order chi connectivity index (χ1) is 20.6. The zero-order valence-corrected chi connectivity index (χ0v) is 24.1. The van der Waals surface area contributed by atoms with E-state index in [-0.39, 0.29) is 0 Å². The first kappa shape index (κ1) is 26.9. The number of rotatable bonds is 8. The second kappa shape index (κ2) is 12.0. The van der Waals surface area contributed by atoms with Crippen molar-refractivity contribution in [3.8, 4) is 11.1 Å². The summed E-state index contributed by atoms with van der Waals surface area (Å²) in [5.74, 6) is 0. The monoisotopic (exact) mass is 542 g/mol. The van der Waals surface area contributed by atoms with E-state index in [0.717, 1.165) is 28.5 Å². The molecule has 0 bridgehead atoms. The van der Waals surface area contributed by atoms with E-state index in [4.69, 9.17) is 0 Å². The Morgan fingerprint density at radius 3 is 1.67 bits per heavy atom. The summed E-state index contributed by atoms with van der Waals surface area (Å²) in [5, 5.41) is 4.88. The number of nitrogens with zero attached hydrogens (tertiary/aromatic N) is 2. The van der Waals surface area contributed by atoms with E-state index in [1.807, 2.05) is 6.07 Å². The summed E-state index contributed by atoms with van der Waals surface area (Å²) in [4.78, 5) is 4.45. The average Bonchev–Trinajstić information content (AvgIpc) is 3.06. The molecule has 0 aliphatic carbocycles. The van der Waals surface area contributed by atoms with Gasteiger partial charge in [-0.1, -0.05) is 116 Å². The van der Waals surface area contributed by atoms with E-state index >= 15 is 0 Å². The van der Waals surface area contributed by atoms with Crippen molar-refractivity contribution in [2.24, 2.45) is 0 Å². The number of anilines is 3. The highest BCUT2D eigenvalue weighted by Gasteiger charge is 2.15. The molecule has 0 spiro atoms. The maximum atomic E-state index is 4.42. The van der Waals surface area contributed by atoms with Gasteiger partial charge in [0.15, 0.2) is 0 Å². The molecule has 42 heavy (non-hydrogen) atoms. The van der Waals surface area contributed by atoms with Crippen molar-refractivity contribution in [2.45, 2.75) is 6.92 Å². The molecular weight excluding hydrogens is 508 g/mol. The van der Waals surface area contributed by atoms with E-state index in [1.165, 1.54) is 32.7 Å². The van der Waals surface area contributed by atoms with Crippen molar-refractivity contribution in [3.63, 3.8) is 0 Å². The fourth-order valence-electron chi connectivity index (χ4n) is 5.36. The third-order valence-electron chi connectivity index (χ3n) is 7.75. The highest BCUT2D eigenvalue weighted by Crippen LogP contribution is 2.35. The summed E-state index contributed by atoms with van der Waals surface area (Å²) < 4.78 is 0. The molecule has 0 aromatic heterocycles. The molecule has 0 aliphatic rings. The molecule has 0 unspecified atom stereocenters. The average molecular weight is 543 g/mol. The molecule has 6 rings (SSSR count). The molecule has 204 valence electrons. The summed E-state index contributed by atoms with van der Waals surface area (Å²) in [7, 11) is 2.07. The third kappa shape index (κ3) is 5.61. The first-order valence-corrected chi connectivity index (χ1v) is 14.3. The van der Waals surface area contributed by atoms with Crippen LogP contribution in [-0.2, 0) is 0 Å². The van der Waals surface area contributed by atoms with E-state index < -0.39 is 0 Å². The third-order valence-corrected chi connectivity index (χ3v) is 7.75. The summed E-state index contributed by atoms with van der Waals surface area (Å²) in [5.41, 5.74) is 7.65. The Bertz CT molecular complexity index is 1850. The molecule has 0 radical (unpaired) electrons. The number of allylic oxidation sites excluding steroid dienone is 3.